The topological polar surface area (TPSA) is 64.4 Å². The lowest BCUT2D eigenvalue weighted by Crippen LogP contribution is -2.32. The molecule has 106 valence electrons. The molecular formula is C13H21N3O3. The van der Waals surface area contributed by atoms with Crippen molar-refractivity contribution in [3.63, 3.8) is 0 Å². The molecule has 0 spiro atoms. The van der Waals surface area contributed by atoms with Gasteiger partial charge in [-0.1, -0.05) is 0 Å². The van der Waals surface area contributed by atoms with Gasteiger partial charge in [-0.15, -0.1) is 0 Å². The molecule has 6 heteroatoms. The summed E-state index contributed by atoms with van der Waals surface area (Å²) in [6.07, 6.45) is 0.931. The zero-order valence-corrected chi connectivity index (χ0v) is 12.0. The lowest BCUT2D eigenvalue weighted by molar-refractivity contribution is -0.141. The maximum absolute atomic E-state index is 12.0. The summed E-state index contributed by atoms with van der Waals surface area (Å²) in [4.78, 5) is 24.5. The Kier molecular flexibility index (Phi) is 5.54. The summed E-state index contributed by atoms with van der Waals surface area (Å²) in [7, 11) is 3.09. The van der Waals surface area contributed by atoms with Gasteiger partial charge in [0.2, 0.25) is 5.91 Å². The predicted octanol–water partition coefficient (Wildman–Crippen LogP) is 0.912. The molecule has 0 aliphatic rings. The van der Waals surface area contributed by atoms with Crippen LogP contribution in [0.2, 0.25) is 0 Å². The van der Waals surface area contributed by atoms with E-state index in [2.05, 4.69) is 9.84 Å². The molecule has 1 aromatic rings. The van der Waals surface area contributed by atoms with Crippen molar-refractivity contribution in [3.05, 3.63) is 17.5 Å². The lowest BCUT2D eigenvalue weighted by Gasteiger charge is -2.17. The number of ether oxygens (including phenoxy) is 1. The summed E-state index contributed by atoms with van der Waals surface area (Å²) in [5.41, 5.74) is 1.87. The van der Waals surface area contributed by atoms with E-state index in [1.165, 1.54) is 7.11 Å². The van der Waals surface area contributed by atoms with E-state index < -0.39 is 0 Å². The molecule has 19 heavy (non-hydrogen) atoms. The number of rotatable bonds is 6. The maximum atomic E-state index is 12.0. The third-order valence-corrected chi connectivity index (χ3v) is 2.92. The van der Waals surface area contributed by atoms with Crippen LogP contribution in [-0.4, -0.2) is 47.3 Å². The first kappa shape index (κ1) is 15.2. The smallest absolute Gasteiger partial charge is 0.305 e. The third kappa shape index (κ3) is 4.73. The Labute approximate surface area is 113 Å². The molecule has 6 nitrogen and oxygen atoms in total. The summed E-state index contributed by atoms with van der Waals surface area (Å²) in [6, 6.07) is 1.94. The molecule has 0 aliphatic heterocycles. The van der Waals surface area contributed by atoms with Gasteiger partial charge in [0.05, 0.1) is 12.8 Å². The summed E-state index contributed by atoms with van der Waals surface area (Å²) in [6.45, 7) is 4.58. The number of hydrogen-bond donors (Lipinski definition) is 0. The first-order valence-corrected chi connectivity index (χ1v) is 6.26. The van der Waals surface area contributed by atoms with Crippen molar-refractivity contribution < 1.29 is 14.3 Å². The average Bonchev–Trinajstić information content (AvgIpc) is 2.67. The molecule has 0 aliphatic carbocycles. The van der Waals surface area contributed by atoms with Crippen molar-refractivity contribution >= 4 is 11.9 Å². The molecule has 1 heterocycles. The Bertz CT molecular complexity index is 454. The van der Waals surface area contributed by atoms with E-state index in [-0.39, 0.29) is 18.4 Å². The largest absolute Gasteiger partial charge is 0.469 e. The van der Waals surface area contributed by atoms with Gasteiger partial charge in [0.15, 0.2) is 0 Å². The monoisotopic (exact) mass is 267 g/mol. The zero-order chi connectivity index (χ0) is 14.4. The van der Waals surface area contributed by atoms with Crippen LogP contribution in [0.3, 0.4) is 0 Å². The van der Waals surface area contributed by atoms with Gasteiger partial charge >= 0.3 is 5.97 Å². The molecule has 0 bridgehead atoms. The molecule has 0 unspecified atom stereocenters. The van der Waals surface area contributed by atoms with E-state index in [0.29, 0.717) is 19.4 Å². The predicted molar refractivity (Wildman–Crippen MR) is 70.6 cm³/mol. The van der Waals surface area contributed by atoms with Gasteiger partial charge in [-0.2, -0.15) is 5.10 Å². The molecule has 1 rings (SSSR count). The minimum Gasteiger partial charge on any atom is -0.469 e. The van der Waals surface area contributed by atoms with Crippen molar-refractivity contribution in [1.29, 1.82) is 0 Å². The number of carbonyl (C=O) groups is 2. The fourth-order valence-electron chi connectivity index (χ4n) is 1.77. The molecule has 1 amide bonds. The number of carbonyl (C=O) groups excluding carboxylic acids is 2. The second-order valence-electron chi connectivity index (χ2n) is 4.58. The van der Waals surface area contributed by atoms with E-state index in [9.17, 15) is 9.59 Å². The van der Waals surface area contributed by atoms with Crippen molar-refractivity contribution in [2.75, 3.05) is 20.7 Å². The Morgan fingerprint density at radius 2 is 2.11 bits per heavy atom. The van der Waals surface area contributed by atoms with Gasteiger partial charge in [0, 0.05) is 25.7 Å². The van der Waals surface area contributed by atoms with Gasteiger partial charge in [-0.25, -0.2) is 0 Å². The SMILES string of the molecule is COC(=O)CCCN(C)C(=O)Cn1nc(C)cc1C. The van der Waals surface area contributed by atoms with Crippen LogP contribution >= 0.6 is 0 Å². The van der Waals surface area contributed by atoms with E-state index in [0.717, 1.165) is 11.4 Å². The molecule has 0 atom stereocenters. The Morgan fingerprint density at radius 3 is 2.63 bits per heavy atom. The Balaban J connectivity index is 2.40. The fraction of sp³-hybridized carbons (Fsp3) is 0.615. The number of aromatic nitrogens is 2. The standard InChI is InChI=1S/C13H21N3O3/c1-10-8-11(2)16(14-10)9-12(17)15(3)7-5-6-13(18)19-4/h8H,5-7,9H2,1-4H3. The lowest BCUT2D eigenvalue weighted by atomic mass is 10.3. The molecule has 0 saturated heterocycles. The summed E-state index contributed by atoms with van der Waals surface area (Å²) < 4.78 is 6.24. The fourth-order valence-corrected chi connectivity index (χ4v) is 1.77. The highest BCUT2D eigenvalue weighted by atomic mass is 16.5. The van der Waals surface area contributed by atoms with Crippen molar-refractivity contribution in [2.45, 2.75) is 33.2 Å². The van der Waals surface area contributed by atoms with Crippen LogP contribution in [0.4, 0.5) is 0 Å². The number of hydrogen-bond acceptors (Lipinski definition) is 4. The van der Waals surface area contributed by atoms with Crippen LogP contribution in [0.25, 0.3) is 0 Å². The highest BCUT2D eigenvalue weighted by Gasteiger charge is 2.12. The van der Waals surface area contributed by atoms with E-state index >= 15 is 0 Å². The van der Waals surface area contributed by atoms with Crippen LogP contribution in [0, 0.1) is 13.8 Å². The molecule has 0 fully saturated rings. The van der Waals surface area contributed by atoms with Gasteiger partial charge in [0.25, 0.3) is 0 Å². The second-order valence-corrected chi connectivity index (χ2v) is 4.58. The van der Waals surface area contributed by atoms with Gasteiger partial charge in [-0.3, -0.25) is 14.3 Å². The molecule has 0 saturated carbocycles. The second kappa shape index (κ2) is 6.92. The van der Waals surface area contributed by atoms with Crippen LogP contribution in [0.5, 0.6) is 0 Å². The normalized spacial score (nSPS) is 10.3. The quantitative estimate of drug-likeness (QED) is 0.719. The number of aryl methyl sites for hydroxylation is 2. The minimum atomic E-state index is -0.251. The maximum Gasteiger partial charge on any atom is 0.305 e. The van der Waals surface area contributed by atoms with Gasteiger partial charge in [-0.05, 0) is 26.3 Å². The van der Waals surface area contributed by atoms with E-state index in [4.69, 9.17) is 0 Å². The summed E-state index contributed by atoms with van der Waals surface area (Å²) >= 11 is 0. The van der Waals surface area contributed by atoms with Gasteiger partial charge < -0.3 is 9.64 Å². The summed E-state index contributed by atoms with van der Waals surface area (Å²) in [5.74, 6) is -0.268. The van der Waals surface area contributed by atoms with Crippen molar-refractivity contribution in [3.8, 4) is 0 Å². The highest BCUT2D eigenvalue weighted by molar-refractivity contribution is 5.75. The Hall–Kier alpha value is -1.85. The van der Waals surface area contributed by atoms with Crippen molar-refractivity contribution in [2.24, 2.45) is 0 Å². The third-order valence-electron chi connectivity index (χ3n) is 2.92. The number of nitrogens with zero attached hydrogens (tertiary/aromatic N) is 3. The first-order valence-electron chi connectivity index (χ1n) is 6.26. The average molecular weight is 267 g/mol. The van der Waals surface area contributed by atoms with Crippen LogP contribution in [0.15, 0.2) is 6.07 Å². The summed E-state index contributed by atoms with van der Waals surface area (Å²) in [5, 5.41) is 4.25. The number of esters is 1. The zero-order valence-electron chi connectivity index (χ0n) is 12.0. The molecule has 0 radical (unpaired) electrons. The van der Waals surface area contributed by atoms with Crippen LogP contribution in [-0.2, 0) is 20.9 Å². The van der Waals surface area contributed by atoms with Crippen molar-refractivity contribution in [1.82, 2.24) is 14.7 Å². The number of likely N-dealkylation sites (N-methyl/N-ethyl adjacent to an activating group) is 1. The highest BCUT2D eigenvalue weighted by Crippen LogP contribution is 2.03. The number of methoxy groups -OCH3 is 1. The van der Waals surface area contributed by atoms with E-state index in [1.807, 2.05) is 19.9 Å². The number of amides is 1. The van der Waals surface area contributed by atoms with Crippen LogP contribution < -0.4 is 0 Å². The van der Waals surface area contributed by atoms with E-state index in [1.54, 1.807) is 16.6 Å². The molecule has 1 aromatic heterocycles. The molecule has 0 aromatic carbocycles. The minimum absolute atomic E-state index is 0.0175. The van der Waals surface area contributed by atoms with Crippen LogP contribution in [0.1, 0.15) is 24.2 Å². The molecular weight excluding hydrogens is 246 g/mol. The first-order chi connectivity index (χ1) is 8.93. The Morgan fingerprint density at radius 1 is 1.42 bits per heavy atom. The molecule has 0 N–H and O–H groups in total. The van der Waals surface area contributed by atoms with Gasteiger partial charge in [0.1, 0.15) is 6.54 Å².